The Morgan fingerprint density at radius 1 is 0.667 bits per heavy atom. The Balaban J connectivity index is 3.07. The second kappa shape index (κ2) is 6.29. The molecule has 0 aliphatic heterocycles. The topological polar surface area (TPSA) is 0 Å². The summed E-state index contributed by atoms with van der Waals surface area (Å²) in [7, 11) is 5.92. The average molecular weight is 348 g/mol. The highest BCUT2D eigenvalue weighted by molar-refractivity contribution is 6.16. The normalized spacial score (nSPS) is 14.2. The Morgan fingerprint density at radius 3 is 1.50 bits per heavy atom. The highest BCUT2D eigenvalue weighted by Crippen LogP contribution is 2.40. The maximum absolute atomic E-state index is 14.7. The first kappa shape index (κ1) is 18.6. The van der Waals surface area contributed by atoms with Gasteiger partial charge in [0.2, 0.25) is 0 Å². The summed E-state index contributed by atoms with van der Waals surface area (Å²) in [6.45, 7) is 3.12. The summed E-state index contributed by atoms with van der Waals surface area (Å²) in [5.41, 5.74) is -1.01. The second-order valence-corrected chi connectivity index (χ2v) is 5.58. The van der Waals surface area contributed by atoms with E-state index < -0.39 is 62.4 Å². The molecule has 0 aliphatic rings. The molecule has 0 bridgehead atoms. The van der Waals surface area contributed by atoms with Crippen LogP contribution in [0, 0.1) is 40.7 Å². The molecular weight excluding hydrogens is 336 g/mol. The van der Waals surface area contributed by atoms with Crippen molar-refractivity contribution in [1.82, 2.24) is 0 Å². The number of hydrogen-bond donors (Lipinski definition) is 0. The lowest BCUT2D eigenvalue weighted by molar-refractivity contribution is 0.404. The predicted molar refractivity (Wildman–Crippen MR) is 76.3 cm³/mol. The van der Waals surface area contributed by atoms with Crippen molar-refractivity contribution in [1.29, 1.82) is 0 Å². The second-order valence-electron chi connectivity index (χ2n) is 5.58. The van der Waals surface area contributed by atoms with E-state index in [1.165, 1.54) is 6.92 Å². The zero-order chi connectivity index (χ0) is 18.4. The van der Waals surface area contributed by atoms with Gasteiger partial charge in [-0.25, -0.2) is 30.7 Å². The van der Waals surface area contributed by atoms with E-state index in [-0.39, 0.29) is 12.8 Å². The van der Waals surface area contributed by atoms with Gasteiger partial charge in [-0.05, 0) is 5.31 Å². The van der Waals surface area contributed by atoms with Crippen molar-refractivity contribution < 1.29 is 30.7 Å². The molecule has 0 spiro atoms. The Morgan fingerprint density at radius 2 is 1.08 bits per heavy atom. The molecule has 24 heavy (non-hydrogen) atoms. The van der Waals surface area contributed by atoms with Crippen molar-refractivity contribution in [3.63, 3.8) is 0 Å². The van der Waals surface area contributed by atoms with Crippen LogP contribution in [0.2, 0.25) is 0 Å². The zero-order valence-corrected chi connectivity index (χ0v) is 12.8. The molecule has 0 aliphatic carbocycles. The van der Waals surface area contributed by atoms with Crippen LogP contribution in [0.25, 0.3) is 10.8 Å². The fraction of sp³-hybridized carbons (Fsp3) is 0.375. The average Bonchev–Trinajstić information content (AvgIpc) is 2.54. The van der Waals surface area contributed by atoms with Gasteiger partial charge in [-0.1, -0.05) is 33.1 Å². The van der Waals surface area contributed by atoms with Crippen LogP contribution in [0.1, 0.15) is 38.7 Å². The monoisotopic (exact) mass is 348 g/mol. The highest BCUT2D eigenvalue weighted by atomic mass is 19.2. The summed E-state index contributed by atoms with van der Waals surface area (Å²) in [5.74, 6) is -14.6. The van der Waals surface area contributed by atoms with Crippen LogP contribution in [0.5, 0.6) is 0 Å². The maximum atomic E-state index is 14.7. The Kier molecular flexibility index (Phi) is 4.88. The number of halogens is 7. The molecule has 2 rings (SSSR count). The van der Waals surface area contributed by atoms with Crippen molar-refractivity contribution in [3.05, 3.63) is 46.3 Å². The van der Waals surface area contributed by atoms with Crippen molar-refractivity contribution in [3.8, 4) is 0 Å². The van der Waals surface area contributed by atoms with E-state index in [1.807, 2.05) is 0 Å². The van der Waals surface area contributed by atoms with Gasteiger partial charge in [0.1, 0.15) is 5.82 Å². The quantitative estimate of drug-likeness (QED) is 0.301. The van der Waals surface area contributed by atoms with Gasteiger partial charge in [0.05, 0.1) is 18.6 Å². The molecule has 8 heteroatoms. The molecule has 0 saturated carbocycles. The number of hydrogen-bond acceptors (Lipinski definition) is 0. The van der Waals surface area contributed by atoms with Gasteiger partial charge in [-0.2, -0.15) is 0 Å². The summed E-state index contributed by atoms with van der Waals surface area (Å²) in [6, 6.07) is 0. The summed E-state index contributed by atoms with van der Waals surface area (Å²) in [4.78, 5) is 0. The van der Waals surface area contributed by atoms with Gasteiger partial charge in [0, 0.05) is 5.56 Å². The standard InChI is InChI=1S/C16H12BF7/c1-3-5-16(17,4-2)8-9(18)6-7(10(19)13(8)22)12(21)15(24)14(23)11(6)20/h3-5H2,1-2H3. The lowest BCUT2D eigenvalue weighted by Gasteiger charge is -2.30. The number of benzene rings is 2. The summed E-state index contributed by atoms with van der Waals surface area (Å²) < 4.78 is 97.5. The lowest BCUT2D eigenvalue weighted by atomic mass is 9.59. The van der Waals surface area contributed by atoms with Crippen molar-refractivity contribution >= 4 is 18.6 Å². The molecule has 0 fully saturated rings. The van der Waals surface area contributed by atoms with E-state index in [1.54, 1.807) is 6.92 Å². The minimum absolute atomic E-state index is 0.00998. The van der Waals surface area contributed by atoms with Gasteiger partial charge < -0.3 is 0 Å². The van der Waals surface area contributed by atoms with E-state index in [0.29, 0.717) is 6.42 Å². The van der Waals surface area contributed by atoms with Crippen molar-refractivity contribution in [2.45, 2.75) is 38.4 Å². The molecule has 1 unspecified atom stereocenters. The predicted octanol–water partition coefficient (Wildman–Crippen LogP) is 5.39. The van der Waals surface area contributed by atoms with Crippen LogP contribution >= 0.6 is 0 Å². The summed E-state index contributed by atoms with van der Waals surface area (Å²) in [6.07, 6.45) is 0.320. The minimum atomic E-state index is -2.35. The molecule has 0 amide bonds. The zero-order valence-electron chi connectivity index (χ0n) is 12.8. The first-order valence-electron chi connectivity index (χ1n) is 7.23. The maximum Gasteiger partial charge on any atom is 0.198 e. The fourth-order valence-electron chi connectivity index (χ4n) is 2.85. The summed E-state index contributed by atoms with van der Waals surface area (Å²) in [5, 5.41) is -4.84. The molecule has 2 aromatic carbocycles. The summed E-state index contributed by atoms with van der Waals surface area (Å²) >= 11 is 0. The molecule has 0 saturated heterocycles. The van der Waals surface area contributed by atoms with Gasteiger partial charge in [-0.15, -0.1) is 0 Å². The molecule has 128 valence electrons. The smallest absolute Gasteiger partial charge is 0.198 e. The minimum Gasteiger partial charge on any atom is -0.206 e. The Labute approximate surface area is 135 Å². The molecule has 0 nitrogen and oxygen atoms in total. The van der Waals surface area contributed by atoms with Crippen LogP contribution in [0.3, 0.4) is 0 Å². The molecule has 2 radical (unpaired) electrons. The van der Waals surface area contributed by atoms with Crippen LogP contribution in [0.15, 0.2) is 0 Å². The van der Waals surface area contributed by atoms with E-state index in [9.17, 15) is 30.7 Å². The van der Waals surface area contributed by atoms with Gasteiger partial charge in [0.15, 0.2) is 34.9 Å². The Hall–Kier alpha value is -1.73. The third-order valence-electron chi connectivity index (χ3n) is 4.16. The molecule has 0 heterocycles. The van der Waals surface area contributed by atoms with E-state index in [2.05, 4.69) is 0 Å². The van der Waals surface area contributed by atoms with Crippen molar-refractivity contribution in [2.75, 3.05) is 0 Å². The SMILES string of the molecule is [B]C(CC)(CCC)c1c(F)c(F)c2c(F)c(F)c(F)c(F)c2c1F. The van der Waals surface area contributed by atoms with E-state index in [4.69, 9.17) is 7.85 Å². The third-order valence-corrected chi connectivity index (χ3v) is 4.16. The van der Waals surface area contributed by atoms with Gasteiger partial charge >= 0.3 is 0 Å². The molecule has 0 aromatic heterocycles. The van der Waals surface area contributed by atoms with Crippen LogP contribution < -0.4 is 0 Å². The van der Waals surface area contributed by atoms with Crippen LogP contribution in [0.4, 0.5) is 30.7 Å². The van der Waals surface area contributed by atoms with Gasteiger partial charge in [-0.3, -0.25) is 0 Å². The largest absolute Gasteiger partial charge is 0.206 e. The lowest BCUT2D eigenvalue weighted by Crippen LogP contribution is -2.29. The number of fused-ring (bicyclic) bond motifs is 1. The van der Waals surface area contributed by atoms with Crippen LogP contribution in [-0.4, -0.2) is 7.85 Å². The van der Waals surface area contributed by atoms with Crippen molar-refractivity contribution in [2.24, 2.45) is 0 Å². The van der Waals surface area contributed by atoms with E-state index in [0.717, 1.165) is 0 Å². The molecule has 1 atom stereocenters. The molecular formula is C16H12BF7. The molecule has 2 aromatic rings. The number of rotatable bonds is 4. The van der Waals surface area contributed by atoms with E-state index >= 15 is 0 Å². The fourth-order valence-corrected chi connectivity index (χ4v) is 2.85. The van der Waals surface area contributed by atoms with Crippen LogP contribution in [-0.2, 0) is 5.31 Å². The molecule has 0 N–H and O–H groups in total. The first-order chi connectivity index (χ1) is 11.1. The third kappa shape index (κ3) is 2.47. The first-order valence-corrected chi connectivity index (χ1v) is 7.23. The Bertz CT molecular complexity index is 819. The van der Waals surface area contributed by atoms with Gasteiger partial charge in [0.25, 0.3) is 0 Å². The highest BCUT2D eigenvalue weighted by Gasteiger charge is 2.36.